The maximum Gasteiger partial charge on any atom is 0.0860 e. The van der Waals surface area contributed by atoms with E-state index in [-0.39, 0.29) is 5.60 Å². The Balaban J connectivity index is 2.41. The van der Waals surface area contributed by atoms with Gasteiger partial charge >= 0.3 is 0 Å². The first-order valence-corrected chi connectivity index (χ1v) is 3.02. The predicted octanol–water partition coefficient (Wildman–Crippen LogP) is 1.74. The molecule has 1 heteroatoms. The number of rotatable bonds is 2. The quantitative estimate of drug-likeness (QED) is 0.494. The third-order valence-corrected chi connectivity index (χ3v) is 1.62. The largest absolute Gasteiger partial charge is 0.374 e. The fourth-order valence-corrected chi connectivity index (χ4v) is 0.866. The molecule has 0 aromatic rings. The molecule has 1 nitrogen and oxygen atoms in total. The van der Waals surface area contributed by atoms with Crippen molar-refractivity contribution in [3.05, 3.63) is 12.2 Å². The lowest BCUT2D eigenvalue weighted by Crippen LogP contribution is -2.05. The number of ether oxygens (including phenoxy) is 1. The first kappa shape index (κ1) is 5.83. The van der Waals surface area contributed by atoms with E-state index < -0.39 is 0 Å². The zero-order chi connectivity index (χ0) is 6.04. The molecule has 0 spiro atoms. The van der Waals surface area contributed by atoms with Crippen LogP contribution in [0.3, 0.4) is 0 Å². The maximum atomic E-state index is 5.20. The van der Waals surface area contributed by atoms with E-state index in [0.29, 0.717) is 0 Å². The van der Waals surface area contributed by atoms with Crippen LogP contribution in [0.25, 0.3) is 0 Å². The van der Waals surface area contributed by atoms with E-state index >= 15 is 0 Å². The van der Waals surface area contributed by atoms with Crippen molar-refractivity contribution in [2.45, 2.75) is 25.4 Å². The summed E-state index contributed by atoms with van der Waals surface area (Å²) in [7, 11) is 1.77. The van der Waals surface area contributed by atoms with Gasteiger partial charge in [-0.25, -0.2) is 0 Å². The summed E-state index contributed by atoms with van der Waals surface area (Å²) < 4.78 is 5.20. The second-order valence-electron chi connectivity index (χ2n) is 2.27. The zero-order valence-electron chi connectivity index (χ0n) is 5.48. The molecule has 0 amide bonds. The Kier molecular flexibility index (Phi) is 1.39. The fraction of sp³-hybridized carbons (Fsp3) is 0.714. The van der Waals surface area contributed by atoms with Crippen LogP contribution in [0.4, 0.5) is 0 Å². The monoisotopic (exact) mass is 112 g/mol. The van der Waals surface area contributed by atoms with Gasteiger partial charge in [0.15, 0.2) is 0 Å². The second-order valence-corrected chi connectivity index (χ2v) is 2.27. The predicted molar refractivity (Wildman–Crippen MR) is 33.8 cm³/mol. The molecule has 1 fully saturated rings. The Hall–Kier alpha value is -0.300. The molecule has 0 heterocycles. The molecule has 0 aromatic carbocycles. The van der Waals surface area contributed by atoms with E-state index in [4.69, 9.17) is 4.74 Å². The molecule has 1 aliphatic rings. The van der Waals surface area contributed by atoms with Gasteiger partial charge < -0.3 is 4.74 Å². The van der Waals surface area contributed by atoms with E-state index in [0.717, 1.165) is 0 Å². The molecular weight excluding hydrogens is 100 g/mol. The van der Waals surface area contributed by atoms with E-state index in [1.807, 2.05) is 6.92 Å². The van der Waals surface area contributed by atoms with Crippen molar-refractivity contribution in [2.24, 2.45) is 0 Å². The maximum absolute atomic E-state index is 5.20. The van der Waals surface area contributed by atoms with Gasteiger partial charge in [-0.2, -0.15) is 0 Å². The van der Waals surface area contributed by atoms with Crippen LogP contribution >= 0.6 is 0 Å². The van der Waals surface area contributed by atoms with E-state index in [9.17, 15) is 0 Å². The first-order chi connectivity index (χ1) is 3.83. The number of allylic oxidation sites excluding steroid dienone is 1. The van der Waals surface area contributed by atoms with Crippen molar-refractivity contribution in [2.75, 3.05) is 7.11 Å². The Morgan fingerprint density at radius 1 is 1.50 bits per heavy atom. The highest BCUT2D eigenvalue weighted by Gasteiger charge is 2.39. The second kappa shape index (κ2) is 1.90. The molecule has 0 saturated heterocycles. The summed E-state index contributed by atoms with van der Waals surface area (Å²) >= 11 is 0. The number of hydrogen-bond acceptors (Lipinski definition) is 1. The Morgan fingerprint density at radius 2 is 2.12 bits per heavy atom. The standard InChI is InChI=1S/C7H12O/c1-3-4-7(8-2)5-6-7/h3-4H,5-6H2,1-2H3/b4-3+. The van der Waals surface area contributed by atoms with Crippen molar-refractivity contribution in [1.82, 2.24) is 0 Å². The summed E-state index contributed by atoms with van der Waals surface area (Å²) in [6, 6.07) is 0. The molecule has 0 aliphatic heterocycles. The molecule has 1 saturated carbocycles. The Labute approximate surface area is 50.3 Å². The van der Waals surface area contributed by atoms with Crippen LogP contribution in [-0.2, 0) is 4.74 Å². The first-order valence-electron chi connectivity index (χ1n) is 3.02. The Bertz CT molecular complexity index is 101. The van der Waals surface area contributed by atoms with Gasteiger partial charge in [0.25, 0.3) is 0 Å². The molecule has 0 bridgehead atoms. The van der Waals surface area contributed by atoms with Crippen LogP contribution in [0.1, 0.15) is 19.8 Å². The third kappa shape index (κ3) is 0.920. The van der Waals surface area contributed by atoms with Crippen LogP contribution in [0.5, 0.6) is 0 Å². The van der Waals surface area contributed by atoms with Crippen molar-refractivity contribution in [3.63, 3.8) is 0 Å². The summed E-state index contributed by atoms with van der Waals surface area (Å²) in [6.45, 7) is 2.03. The summed E-state index contributed by atoms with van der Waals surface area (Å²) in [5.41, 5.74) is 0.161. The summed E-state index contributed by atoms with van der Waals surface area (Å²) in [5, 5.41) is 0. The molecule has 46 valence electrons. The minimum Gasteiger partial charge on any atom is -0.374 e. The smallest absolute Gasteiger partial charge is 0.0860 e. The number of hydrogen-bond donors (Lipinski definition) is 0. The van der Waals surface area contributed by atoms with Gasteiger partial charge in [-0.1, -0.05) is 12.2 Å². The minimum absolute atomic E-state index is 0.161. The molecule has 0 N–H and O–H groups in total. The van der Waals surface area contributed by atoms with Crippen LogP contribution in [-0.4, -0.2) is 12.7 Å². The lowest BCUT2D eigenvalue weighted by molar-refractivity contribution is 0.121. The highest BCUT2D eigenvalue weighted by atomic mass is 16.5. The summed E-state index contributed by atoms with van der Waals surface area (Å²) in [4.78, 5) is 0. The topological polar surface area (TPSA) is 9.23 Å². The third-order valence-electron chi connectivity index (χ3n) is 1.62. The highest BCUT2D eigenvalue weighted by molar-refractivity contribution is 5.11. The van der Waals surface area contributed by atoms with Gasteiger partial charge in [-0.3, -0.25) is 0 Å². The molecule has 0 atom stereocenters. The van der Waals surface area contributed by atoms with Crippen LogP contribution < -0.4 is 0 Å². The van der Waals surface area contributed by atoms with Crippen LogP contribution in [0.2, 0.25) is 0 Å². The SMILES string of the molecule is C/C=C/C1(OC)CC1. The van der Waals surface area contributed by atoms with E-state index in [1.165, 1.54) is 12.8 Å². The average molecular weight is 112 g/mol. The lowest BCUT2D eigenvalue weighted by atomic mass is 10.3. The van der Waals surface area contributed by atoms with Crippen LogP contribution in [0, 0.1) is 0 Å². The summed E-state index contributed by atoms with van der Waals surface area (Å²) in [5.74, 6) is 0. The molecular formula is C7H12O. The lowest BCUT2D eigenvalue weighted by Gasteiger charge is -2.04. The molecule has 1 aliphatic carbocycles. The normalized spacial score (nSPS) is 24.2. The van der Waals surface area contributed by atoms with Crippen molar-refractivity contribution in [3.8, 4) is 0 Å². The minimum atomic E-state index is 0.161. The fourth-order valence-electron chi connectivity index (χ4n) is 0.866. The Morgan fingerprint density at radius 3 is 2.25 bits per heavy atom. The molecule has 0 radical (unpaired) electrons. The average Bonchev–Trinajstić information content (AvgIpc) is 2.50. The van der Waals surface area contributed by atoms with E-state index in [2.05, 4.69) is 12.2 Å². The molecule has 8 heavy (non-hydrogen) atoms. The van der Waals surface area contributed by atoms with Crippen molar-refractivity contribution >= 4 is 0 Å². The number of methoxy groups -OCH3 is 1. The van der Waals surface area contributed by atoms with Gasteiger partial charge in [-0.15, -0.1) is 0 Å². The highest BCUT2D eigenvalue weighted by Crippen LogP contribution is 2.39. The van der Waals surface area contributed by atoms with Gasteiger partial charge in [0.1, 0.15) is 0 Å². The molecule has 0 aromatic heterocycles. The molecule has 0 unspecified atom stereocenters. The van der Waals surface area contributed by atoms with Crippen LogP contribution in [0.15, 0.2) is 12.2 Å². The van der Waals surface area contributed by atoms with Crippen molar-refractivity contribution in [1.29, 1.82) is 0 Å². The van der Waals surface area contributed by atoms with Gasteiger partial charge in [0.05, 0.1) is 5.60 Å². The zero-order valence-corrected chi connectivity index (χ0v) is 5.48. The van der Waals surface area contributed by atoms with Crippen molar-refractivity contribution < 1.29 is 4.74 Å². The van der Waals surface area contributed by atoms with Gasteiger partial charge in [-0.05, 0) is 19.8 Å². The van der Waals surface area contributed by atoms with E-state index in [1.54, 1.807) is 7.11 Å². The van der Waals surface area contributed by atoms with Gasteiger partial charge in [0.2, 0.25) is 0 Å². The molecule has 1 rings (SSSR count). The summed E-state index contributed by atoms with van der Waals surface area (Å²) in [6.07, 6.45) is 6.59. The van der Waals surface area contributed by atoms with Gasteiger partial charge in [0, 0.05) is 7.11 Å².